The summed E-state index contributed by atoms with van der Waals surface area (Å²) in [5.41, 5.74) is 5.34. The predicted molar refractivity (Wildman–Crippen MR) is 60.5 cm³/mol. The number of carbonyl (C=O) groups excluding carboxylic acids is 1. The van der Waals surface area contributed by atoms with E-state index in [1.165, 1.54) is 0 Å². The highest BCUT2D eigenvalue weighted by Crippen LogP contribution is 2.31. The second-order valence-electron chi connectivity index (χ2n) is 3.73. The molecule has 82 valence electrons. The van der Waals surface area contributed by atoms with E-state index in [-0.39, 0.29) is 12.1 Å². The third kappa shape index (κ3) is 1.48. The summed E-state index contributed by atoms with van der Waals surface area (Å²) in [5.74, 6) is 2.95. The Hall–Kier alpha value is -1.50. The molecule has 0 radical (unpaired) electrons. The lowest BCUT2D eigenvalue weighted by molar-refractivity contribution is 0.152. The molecule has 1 aliphatic rings. The summed E-state index contributed by atoms with van der Waals surface area (Å²) < 4.78 is 0. The van der Waals surface area contributed by atoms with Crippen molar-refractivity contribution < 1.29 is 4.79 Å². The maximum atomic E-state index is 11.7. The molecule has 0 saturated heterocycles. The van der Waals surface area contributed by atoms with Crippen molar-refractivity contribution >= 4 is 11.9 Å². The number of hydrogen-bond donors (Lipinski definition) is 1. The Morgan fingerprint density at radius 1 is 1.60 bits per heavy atom. The maximum Gasteiger partial charge on any atom is 0.347 e. The van der Waals surface area contributed by atoms with Crippen molar-refractivity contribution in [2.75, 3.05) is 0 Å². The van der Waals surface area contributed by atoms with Crippen molar-refractivity contribution in [3.8, 4) is 12.3 Å². The van der Waals surface area contributed by atoms with Gasteiger partial charge >= 0.3 is 6.03 Å². The molecule has 0 fully saturated rings. The van der Waals surface area contributed by atoms with Crippen molar-refractivity contribution in [1.29, 1.82) is 0 Å². The van der Waals surface area contributed by atoms with Crippen molar-refractivity contribution in [3.63, 3.8) is 0 Å². The second kappa shape index (κ2) is 3.93. The number of hydrogen-bond acceptors (Lipinski definition) is 2. The molecular formula is C11H17N3O. The van der Waals surface area contributed by atoms with Gasteiger partial charge < -0.3 is 5.73 Å². The Kier molecular flexibility index (Phi) is 3.04. The van der Waals surface area contributed by atoms with Gasteiger partial charge in [-0.3, -0.25) is 4.90 Å². The monoisotopic (exact) mass is 207 g/mol. The predicted octanol–water partition coefficient (Wildman–Crippen LogP) is 1.36. The van der Waals surface area contributed by atoms with Crippen LogP contribution in [0.25, 0.3) is 0 Å². The van der Waals surface area contributed by atoms with E-state index in [4.69, 9.17) is 12.2 Å². The average Bonchev–Trinajstić information content (AvgIpc) is 2.48. The fourth-order valence-electron chi connectivity index (χ4n) is 2.13. The Labute approximate surface area is 90.5 Å². The minimum atomic E-state index is -0.483. The van der Waals surface area contributed by atoms with Crippen LogP contribution in [0, 0.1) is 12.3 Å². The van der Waals surface area contributed by atoms with Crippen molar-refractivity contribution in [3.05, 3.63) is 0 Å². The lowest BCUT2D eigenvalue weighted by Crippen LogP contribution is -2.56. The first-order valence-corrected chi connectivity index (χ1v) is 5.17. The van der Waals surface area contributed by atoms with E-state index in [0.717, 1.165) is 12.8 Å². The number of carbonyl (C=O) groups is 1. The Bertz CT molecular complexity index is 336. The van der Waals surface area contributed by atoms with Crippen LogP contribution < -0.4 is 5.73 Å². The molecule has 0 aromatic rings. The second-order valence-corrected chi connectivity index (χ2v) is 3.73. The van der Waals surface area contributed by atoms with Gasteiger partial charge in [-0.25, -0.2) is 4.79 Å². The zero-order valence-corrected chi connectivity index (χ0v) is 9.45. The van der Waals surface area contributed by atoms with E-state index in [1.807, 2.05) is 20.8 Å². The molecule has 4 nitrogen and oxygen atoms in total. The minimum absolute atomic E-state index is 0.276. The molecule has 0 aromatic heterocycles. The summed E-state index contributed by atoms with van der Waals surface area (Å²) in [7, 11) is 0. The van der Waals surface area contributed by atoms with Gasteiger partial charge in [0.2, 0.25) is 0 Å². The van der Waals surface area contributed by atoms with Crippen LogP contribution in [-0.2, 0) is 0 Å². The van der Waals surface area contributed by atoms with Crippen molar-refractivity contribution in [2.45, 2.75) is 45.2 Å². The fraction of sp³-hybridized carbons (Fsp3) is 0.636. The van der Waals surface area contributed by atoms with E-state index in [2.05, 4.69) is 10.9 Å². The van der Waals surface area contributed by atoms with Gasteiger partial charge in [0.1, 0.15) is 11.4 Å². The SMILES string of the molecule is C#CC(C)N1C(=O)N=C(N)C1(CC)CC. The van der Waals surface area contributed by atoms with E-state index in [9.17, 15) is 4.79 Å². The molecule has 0 bridgehead atoms. The number of aliphatic imine (C=N–C) groups is 1. The summed E-state index contributed by atoms with van der Waals surface area (Å²) in [6.45, 7) is 5.79. The highest BCUT2D eigenvalue weighted by atomic mass is 16.2. The molecule has 0 aliphatic carbocycles. The lowest BCUT2D eigenvalue weighted by atomic mass is 9.89. The molecular weight excluding hydrogens is 190 g/mol. The summed E-state index contributed by atoms with van der Waals surface area (Å²) in [5, 5.41) is 0. The van der Waals surface area contributed by atoms with Crippen LogP contribution in [0.3, 0.4) is 0 Å². The molecule has 1 unspecified atom stereocenters. The summed E-state index contributed by atoms with van der Waals surface area (Å²) in [6, 6.07) is -0.594. The smallest absolute Gasteiger partial charge is 0.347 e. The summed E-state index contributed by atoms with van der Waals surface area (Å²) >= 11 is 0. The van der Waals surface area contributed by atoms with Crippen LogP contribution in [0.5, 0.6) is 0 Å². The van der Waals surface area contributed by atoms with Crippen LogP contribution in [0.15, 0.2) is 4.99 Å². The van der Waals surface area contributed by atoms with E-state index in [0.29, 0.717) is 5.84 Å². The third-order valence-corrected chi connectivity index (χ3v) is 3.16. The normalized spacial score (nSPS) is 21.1. The molecule has 2 amide bonds. The highest BCUT2D eigenvalue weighted by molar-refractivity contribution is 6.06. The minimum Gasteiger partial charge on any atom is -0.385 e. The third-order valence-electron chi connectivity index (χ3n) is 3.16. The van der Waals surface area contributed by atoms with Gasteiger partial charge in [0.25, 0.3) is 0 Å². The first-order chi connectivity index (χ1) is 7.03. The van der Waals surface area contributed by atoms with E-state index < -0.39 is 5.54 Å². The van der Waals surface area contributed by atoms with Crippen LogP contribution in [-0.4, -0.2) is 28.3 Å². The Morgan fingerprint density at radius 3 is 2.53 bits per heavy atom. The molecule has 4 heteroatoms. The number of nitrogens with zero attached hydrogens (tertiary/aromatic N) is 2. The van der Waals surface area contributed by atoms with Crippen molar-refractivity contribution in [2.24, 2.45) is 10.7 Å². The number of terminal acetylenes is 1. The number of amides is 2. The van der Waals surface area contributed by atoms with Gasteiger partial charge in [0.05, 0.1) is 6.04 Å². The Morgan fingerprint density at radius 2 is 2.13 bits per heavy atom. The fourth-order valence-corrected chi connectivity index (χ4v) is 2.13. The zero-order valence-electron chi connectivity index (χ0n) is 9.45. The molecule has 1 rings (SSSR count). The van der Waals surface area contributed by atoms with Gasteiger partial charge in [-0.2, -0.15) is 4.99 Å². The van der Waals surface area contributed by atoms with Crippen LogP contribution >= 0.6 is 0 Å². The lowest BCUT2D eigenvalue weighted by Gasteiger charge is -2.38. The van der Waals surface area contributed by atoms with E-state index >= 15 is 0 Å². The first-order valence-electron chi connectivity index (χ1n) is 5.17. The number of rotatable bonds is 3. The largest absolute Gasteiger partial charge is 0.385 e. The van der Waals surface area contributed by atoms with Crippen LogP contribution in [0.4, 0.5) is 4.79 Å². The molecule has 1 heterocycles. The molecule has 0 aromatic carbocycles. The number of nitrogens with two attached hydrogens (primary N) is 1. The van der Waals surface area contributed by atoms with Crippen LogP contribution in [0.1, 0.15) is 33.6 Å². The number of urea groups is 1. The van der Waals surface area contributed by atoms with E-state index in [1.54, 1.807) is 4.90 Å². The molecule has 1 aliphatic heterocycles. The maximum absolute atomic E-state index is 11.7. The first kappa shape index (κ1) is 11.6. The van der Waals surface area contributed by atoms with Crippen LogP contribution in [0.2, 0.25) is 0 Å². The molecule has 15 heavy (non-hydrogen) atoms. The van der Waals surface area contributed by atoms with Gasteiger partial charge in [-0.1, -0.05) is 19.8 Å². The highest BCUT2D eigenvalue weighted by Gasteiger charge is 2.47. The average molecular weight is 207 g/mol. The number of amidine groups is 1. The molecule has 0 spiro atoms. The summed E-state index contributed by atoms with van der Waals surface area (Å²) in [6.07, 6.45) is 6.82. The van der Waals surface area contributed by atoms with Gasteiger partial charge in [0.15, 0.2) is 0 Å². The molecule has 2 N–H and O–H groups in total. The molecule has 1 atom stereocenters. The Balaban J connectivity index is 3.16. The van der Waals surface area contributed by atoms with Gasteiger partial charge in [-0.05, 0) is 19.8 Å². The van der Waals surface area contributed by atoms with Gasteiger partial charge in [-0.15, -0.1) is 6.42 Å². The quantitative estimate of drug-likeness (QED) is 0.710. The topological polar surface area (TPSA) is 58.7 Å². The molecule has 0 saturated carbocycles. The van der Waals surface area contributed by atoms with Gasteiger partial charge in [0, 0.05) is 0 Å². The summed E-state index contributed by atoms with van der Waals surface area (Å²) in [4.78, 5) is 17.1. The zero-order chi connectivity index (χ0) is 11.6. The standard InChI is InChI=1S/C11H17N3O/c1-5-8(4)14-10(15)13-9(12)11(14,6-2)7-3/h1,8H,6-7H2,2-4H3,(H2,12,13,15). The van der Waals surface area contributed by atoms with Crippen molar-refractivity contribution in [1.82, 2.24) is 4.90 Å².